The van der Waals surface area contributed by atoms with Crippen molar-refractivity contribution in [3.05, 3.63) is 48.3 Å². The summed E-state index contributed by atoms with van der Waals surface area (Å²) in [5.74, 6) is 1.37. The SMILES string of the molecule is CNC(=O)CCCC(C)c1ccc2nc(-c3ccncc3)[nH]c2c1. The van der Waals surface area contributed by atoms with Crippen LogP contribution in [0.1, 0.15) is 37.7 Å². The summed E-state index contributed by atoms with van der Waals surface area (Å²) in [4.78, 5) is 23.4. The van der Waals surface area contributed by atoms with Crippen LogP contribution in [-0.4, -0.2) is 27.9 Å². The van der Waals surface area contributed by atoms with Gasteiger partial charge in [0.1, 0.15) is 5.82 Å². The van der Waals surface area contributed by atoms with Crippen molar-refractivity contribution in [2.75, 3.05) is 7.05 Å². The van der Waals surface area contributed by atoms with Gasteiger partial charge in [-0.25, -0.2) is 4.98 Å². The van der Waals surface area contributed by atoms with Crippen LogP contribution >= 0.6 is 0 Å². The van der Waals surface area contributed by atoms with Gasteiger partial charge in [0.25, 0.3) is 0 Å². The summed E-state index contributed by atoms with van der Waals surface area (Å²) >= 11 is 0. The molecule has 24 heavy (non-hydrogen) atoms. The molecule has 0 saturated carbocycles. The first-order chi connectivity index (χ1) is 11.7. The van der Waals surface area contributed by atoms with E-state index in [1.54, 1.807) is 19.4 Å². The Morgan fingerprint density at radius 1 is 1.25 bits per heavy atom. The molecule has 0 aliphatic heterocycles. The van der Waals surface area contributed by atoms with E-state index in [9.17, 15) is 4.79 Å². The first kappa shape index (κ1) is 16.2. The van der Waals surface area contributed by atoms with Gasteiger partial charge < -0.3 is 10.3 Å². The Morgan fingerprint density at radius 2 is 2.04 bits per heavy atom. The number of amides is 1. The van der Waals surface area contributed by atoms with Gasteiger partial charge in [-0.05, 0) is 48.6 Å². The maximum atomic E-state index is 11.3. The molecule has 0 aliphatic rings. The lowest BCUT2D eigenvalue weighted by molar-refractivity contribution is -0.120. The maximum Gasteiger partial charge on any atom is 0.219 e. The maximum absolute atomic E-state index is 11.3. The van der Waals surface area contributed by atoms with Crippen LogP contribution in [0.25, 0.3) is 22.4 Å². The second-order valence-corrected chi connectivity index (χ2v) is 6.06. The molecule has 1 amide bonds. The van der Waals surface area contributed by atoms with E-state index in [1.165, 1.54) is 5.56 Å². The number of pyridine rings is 1. The van der Waals surface area contributed by atoms with Crippen LogP contribution in [0.2, 0.25) is 0 Å². The summed E-state index contributed by atoms with van der Waals surface area (Å²) in [5.41, 5.74) is 4.30. The molecule has 2 N–H and O–H groups in total. The minimum Gasteiger partial charge on any atom is -0.359 e. The standard InChI is InChI=1S/C19H22N4O/c1-13(4-3-5-18(24)20-2)15-6-7-16-17(12-15)23-19(22-16)14-8-10-21-11-9-14/h6-13H,3-5H2,1-2H3,(H,20,24)(H,22,23). The number of aromatic nitrogens is 3. The van der Waals surface area contributed by atoms with Gasteiger partial charge in [0.15, 0.2) is 0 Å². The van der Waals surface area contributed by atoms with Gasteiger partial charge in [0, 0.05) is 31.4 Å². The zero-order valence-electron chi connectivity index (χ0n) is 14.0. The second kappa shape index (κ2) is 7.25. The Morgan fingerprint density at radius 3 is 2.79 bits per heavy atom. The molecule has 0 aliphatic carbocycles. The van der Waals surface area contributed by atoms with Crippen molar-refractivity contribution >= 4 is 16.9 Å². The van der Waals surface area contributed by atoms with Crippen LogP contribution in [0.15, 0.2) is 42.7 Å². The van der Waals surface area contributed by atoms with Gasteiger partial charge in [-0.3, -0.25) is 9.78 Å². The van der Waals surface area contributed by atoms with Gasteiger partial charge in [0.05, 0.1) is 11.0 Å². The highest BCUT2D eigenvalue weighted by Crippen LogP contribution is 2.26. The van der Waals surface area contributed by atoms with Crippen molar-refractivity contribution in [3.63, 3.8) is 0 Å². The Balaban J connectivity index is 1.75. The Bertz CT molecular complexity index is 826. The lowest BCUT2D eigenvalue weighted by atomic mass is 9.95. The Labute approximate surface area is 141 Å². The lowest BCUT2D eigenvalue weighted by Gasteiger charge is -2.11. The van der Waals surface area contributed by atoms with Gasteiger partial charge in [0.2, 0.25) is 5.91 Å². The third-order valence-corrected chi connectivity index (χ3v) is 4.35. The molecular weight excluding hydrogens is 300 g/mol. The van der Waals surface area contributed by atoms with Crippen LogP contribution in [0, 0.1) is 0 Å². The van der Waals surface area contributed by atoms with Crippen molar-refractivity contribution in [2.45, 2.75) is 32.1 Å². The third kappa shape index (κ3) is 3.62. The quantitative estimate of drug-likeness (QED) is 0.728. The largest absolute Gasteiger partial charge is 0.359 e. The number of rotatable bonds is 6. The normalized spacial score (nSPS) is 12.2. The number of nitrogens with one attached hydrogen (secondary N) is 2. The number of hydrogen-bond donors (Lipinski definition) is 2. The molecule has 0 fully saturated rings. The number of carbonyl (C=O) groups excluding carboxylic acids is 1. The molecule has 124 valence electrons. The van der Waals surface area contributed by atoms with E-state index in [0.29, 0.717) is 12.3 Å². The van der Waals surface area contributed by atoms with E-state index < -0.39 is 0 Å². The number of aromatic amines is 1. The molecule has 5 heteroatoms. The van der Waals surface area contributed by atoms with E-state index in [-0.39, 0.29) is 5.91 Å². The summed E-state index contributed by atoms with van der Waals surface area (Å²) in [5, 5.41) is 2.66. The first-order valence-corrected chi connectivity index (χ1v) is 8.28. The van der Waals surface area contributed by atoms with E-state index in [2.05, 4.69) is 45.4 Å². The van der Waals surface area contributed by atoms with Crippen LogP contribution in [0.5, 0.6) is 0 Å². The van der Waals surface area contributed by atoms with Crippen molar-refractivity contribution in [1.29, 1.82) is 0 Å². The minimum atomic E-state index is 0.105. The average Bonchev–Trinajstić information content (AvgIpc) is 3.05. The van der Waals surface area contributed by atoms with Crippen LogP contribution in [0.3, 0.4) is 0 Å². The molecule has 0 saturated heterocycles. The van der Waals surface area contributed by atoms with E-state index in [0.717, 1.165) is 35.3 Å². The summed E-state index contributed by atoms with van der Waals surface area (Å²) in [6.07, 6.45) is 6.00. The third-order valence-electron chi connectivity index (χ3n) is 4.35. The molecule has 1 aromatic carbocycles. The molecule has 3 aromatic rings. The molecule has 2 aromatic heterocycles. The fraction of sp³-hybridized carbons (Fsp3) is 0.316. The number of fused-ring (bicyclic) bond motifs is 1. The summed E-state index contributed by atoms with van der Waals surface area (Å²) in [7, 11) is 1.68. The van der Waals surface area contributed by atoms with Gasteiger partial charge in [-0.15, -0.1) is 0 Å². The van der Waals surface area contributed by atoms with Crippen LogP contribution < -0.4 is 5.32 Å². The zero-order chi connectivity index (χ0) is 16.9. The predicted molar refractivity (Wildman–Crippen MR) is 95.7 cm³/mol. The van der Waals surface area contributed by atoms with Gasteiger partial charge >= 0.3 is 0 Å². The highest BCUT2D eigenvalue weighted by atomic mass is 16.1. The van der Waals surface area contributed by atoms with Crippen molar-refractivity contribution in [2.24, 2.45) is 0 Å². The van der Waals surface area contributed by atoms with Gasteiger partial charge in [-0.1, -0.05) is 13.0 Å². The average molecular weight is 322 g/mol. The van der Waals surface area contributed by atoms with E-state index >= 15 is 0 Å². The summed E-state index contributed by atoms with van der Waals surface area (Å²) < 4.78 is 0. The number of hydrogen-bond acceptors (Lipinski definition) is 3. The number of imidazole rings is 1. The molecule has 2 heterocycles. The number of benzene rings is 1. The summed E-state index contributed by atoms with van der Waals surface area (Å²) in [6, 6.07) is 10.2. The Kier molecular flexibility index (Phi) is 4.89. The van der Waals surface area contributed by atoms with Crippen molar-refractivity contribution in [3.8, 4) is 11.4 Å². The molecule has 3 rings (SSSR count). The molecule has 0 spiro atoms. The molecule has 5 nitrogen and oxygen atoms in total. The predicted octanol–water partition coefficient (Wildman–Crippen LogP) is 3.64. The minimum absolute atomic E-state index is 0.105. The first-order valence-electron chi connectivity index (χ1n) is 8.28. The molecule has 1 unspecified atom stereocenters. The second-order valence-electron chi connectivity index (χ2n) is 6.06. The molecule has 0 radical (unpaired) electrons. The summed E-state index contributed by atoms with van der Waals surface area (Å²) in [6.45, 7) is 2.20. The number of H-pyrrole nitrogens is 1. The van der Waals surface area contributed by atoms with Crippen LogP contribution in [0.4, 0.5) is 0 Å². The highest BCUT2D eigenvalue weighted by molar-refractivity contribution is 5.80. The molecule has 1 atom stereocenters. The topological polar surface area (TPSA) is 70.7 Å². The Hall–Kier alpha value is -2.69. The fourth-order valence-electron chi connectivity index (χ4n) is 2.84. The fourth-order valence-corrected chi connectivity index (χ4v) is 2.84. The smallest absolute Gasteiger partial charge is 0.219 e. The van der Waals surface area contributed by atoms with E-state index in [4.69, 9.17) is 0 Å². The zero-order valence-corrected chi connectivity index (χ0v) is 14.0. The highest BCUT2D eigenvalue weighted by Gasteiger charge is 2.10. The van der Waals surface area contributed by atoms with Crippen molar-refractivity contribution in [1.82, 2.24) is 20.3 Å². The van der Waals surface area contributed by atoms with Gasteiger partial charge in [-0.2, -0.15) is 0 Å². The molecular formula is C19H22N4O. The number of nitrogens with zero attached hydrogens (tertiary/aromatic N) is 2. The van der Waals surface area contributed by atoms with Crippen molar-refractivity contribution < 1.29 is 4.79 Å². The lowest BCUT2D eigenvalue weighted by Crippen LogP contribution is -2.17. The van der Waals surface area contributed by atoms with Crippen LogP contribution in [-0.2, 0) is 4.79 Å². The van der Waals surface area contributed by atoms with E-state index in [1.807, 2.05) is 12.1 Å². The number of carbonyl (C=O) groups is 1. The monoisotopic (exact) mass is 322 g/mol. The molecule has 0 bridgehead atoms.